The summed E-state index contributed by atoms with van der Waals surface area (Å²) < 4.78 is 41.4. The molecule has 0 aromatic heterocycles. The van der Waals surface area contributed by atoms with Gasteiger partial charge in [-0.15, -0.1) is 0 Å². The average molecular weight is 424 g/mol. The fourth-order valence-electron chi connectivity index (χ4n) is 3.61. The van der Waals surface area contributed by atoms with E-state index in [0.717, 1.165) is 30.2 Å². The highest BCUT2D eigenvalue weighted by molar-refractivity contribution is 7.92. The van der Waals surface area contributed by atoms with Gasteiger partial charge in [0.25, 0.3) is 15.9 Å². The Hall–Kier alpha value is -3.19. The van der Waals surface area contributed by atoms with Crippen molar-refractivity contribution in [2.75, 3.05) is 16.2 Å². The molecule has 1 N–H and O–H groups in total. The van der Waals surface area contributed by atoms with Crippen LogP contribution in [-0.4, -0.2) is 20.9 Å². The van der Waals surface area contributed by atoms with Crippen molar-refractivity contribution in [3.05, 3.63) is 89.2 Å². The second kappa shape index (κ2) is 7.91. The Labute approximate surface area is 175 Å². The third-order valence-corrected chi connectivity index (χ3v) is 6.53. The van der Waals surface area contributed by atoms with Crippen molar-refractivity contribution in [2.24, 2.45) is 0 Å². The van der Waals surface area contributed by atoms with Gasteiger partial charge in [-0.1, -0.05) is 18.2 Å². The molecule has 3 aromatic carbocycles. The first kappa shape index (κ1) is 20.1. The summed E-state index contributed by atoms with van der Waals surface area (Å²) in [5, 5.41) is 0. The Balaban J connectivity index is 1.61. The van der Waals surface area contributed by atoms with Crippen LogP contribution < -0.4 is 9.62 Å². The SMILES string of the molecule is Cc1cc(S(=O)(=O)Nc2ccc3c(c2)CCCN3C(=O)c2ccccc2)ccc1F. The Morgan fingerprint density at radius 3 is 2.53 bits per heavy atom. The van der Waals surface area contributed by atoms with Gasteiger partial charge in [-0.2, -0.15) is 0 Å². The number of nitrogens with zero attached hydrogens (tertiary/aromatic N) is 1. The number of hydrogen-bond donors (Lipinski definition) is 1. The van der Waals surface area contributed by atoms with E-state index in [-0.39, 0.29) is 16.4 Å². The molecule has 0 bridgehead atoms. The van der Waals surface area contributed by atoms with Crippen molar-refractivity contribution in [3.8, 4) is 0 Å². The van der Waals surface area contributed by atoms with Crippen LogP contribution in [0.5, 0.6) is 0 Å². The number of aryl methyl sites for hydroxylation is 2. The molecule has 0 spiro atoms. The molecule has 0 unspecified atom stereocenters. The number of nitrogens with one attached hydrogen (secondary N) is 1. The molecule has 1 amide bonds. The van der Waals surface area contributed by atoms with E-state index in [4.69, 9.17) is 0 Å². The monoisotopic (exact) mass is 424 g/mol. The topological polar surface area (TPSA) is 66.5 Å². The Morgan fingerprint density at radius 1 is 1.03 bits per heavy atom. The van der Waals surface area contributed by atoms with Gasteiger partial charge < -0.3 is 4.90 Å². The molecule has 30 heavy (non-hydrogen) atoms. The van der Waals surface area contributed by atoms with Crippen LogP contribution in [0, 0.1) is 12.7 Å². The molecule has 0 saturated heterocycles. The predicted molar refractivity (Wildman–Crippen MR) is 115 cm³/mol. The minimum Gasteiger partial charge on any atom is -0.308 e. The second-order valence-corrected chi connectivity index (χ2v) is 8.97. The molecular formula is C23H21FN2O3S. The predicted octanol–water partition coefficient (Wildman–Crippen LogP) is 4.53. The number of sulfonamides is 1. The van der Waals surface area contributed by atoms with Crippen molar-refractivity contribution in [1.29, 1.82) is 0 Å². The lowest BCUT2D eigenvalue weighted by Gasteiger charge is -2.30. The Bertz CT molecular complexity index is 1210. The summed E-state index contributed by atoms with van der Waals surface area (Å²) in [6.45, 7) is 2.13. The van der Waals surface area contributed by atoms with Crippen LogP contribution in [0.25, 0.3) is 0 Å². The Kier molecular flexibility index (Phi) is 5.30. The lowest BCUT2D eigenvalue weighted by Crippen LogP contribution is -2.35. The quantitative estimate of drug-likeness (QED) is 0.669. The number of rotatable bonds is 4. The fraction of sp³-hybridized carbons (Fsp3) is 0.174. The van der Waals surface area contributed by atoms with Gasteiger partial charge >= 0.3 is 0 Å². The molecule has 154 valence electrons. The van der Waals surface area contributed by atoms with E-state index in [9.17, 15) is 17.6 Å². The zero-order valence-electron chi connectivity index (χ0n) is 16.4. The van der Waals surface area contributed by atoms with Gasteiger partial charge in [0.15, 0.2) is 0 Å². The maximum Gasteiger partial charge on any atom is 0.261 e. The largest absolute Gasteiger partial charge is 0.308 e. The summed E-state index contributed by atoms with van der Waals surface area (Å²) in [7, 11) is -3.85. The molecule has 3 aromatic rings. The van der Waals surface area contributed by atoms with Crippen LogP contribution in [0.15, 0.2) is 71.6 Å². The summed E-state index contributed by atoms with van der Waals surface area (Å²) in [5.74, 6) is -0.530. The van der Waals surface area contributed by atoms with E-state index in [1.807, 2.05) is 18.2 Å². The van der Waals surface area contributed by atoms with Gasteiger partial charge in [0.05, 0.1) is 4.90 Å². The maximum absolute atomic E-state index is 13.5. The van der Waals surface area contributed by atoms with Crippen LogP contribution in [0.4, 0.5) is 15.8 Å². The van der Waals surface area contributed by atoms with Gasteiger partial charge in [0.2, 0.25) is 0 Å². The van der Waals surface area contributed by atoms with Crippen molar-refractivity contribution < 1.29 is 17.6 Å². The number of carbonyl (C=O) groups is 1. The van der Waals surface area contributed by atoms with Crippen molar-refractivity contribution in [1.82, 2.24) is 0 Å². The first-order chi connectivity index (χ1) is 14.3. The van der Waals surface area contributed by atoms with Crippen LogP contribution in [0.2, 0.25) is 0 Å². The fourth-order valence-corrected chi connectivity index (χ4v) is 4.74. The van der Waals surface area contributed by atoms with Crippen LogP contribution in [0.3, 0.4) is 0 Å². The van der Waals surface area contributed by atoms with Crippen molar-refractivity contribution in [3.63, 3.8) is 0 Å². The third-order valence-electron chi connectivity index (χ3n) is 5.16. The number of benzene rings is 3. The molecule has 1 aliphatic heterocycles. The van der Waals surface area contributed by atoms with Crippen molar-refractivity contribution in [2.45, 2.75) is 24.7 Å². The molecule has 0 fully saturated rings. The first-order valence-corrected chi connectivity index (χ1v) is 11.1. The summed E-state index contributed by atoms with van der Waals surface area (Å²) in [6.07, 6.45) is 1.54. The molecule has 1 heterocycles. The molecule has 4 rings (SSSR count). The molecule has 7 heteroatoms. The standard InChI is InChI=1S/C23H21FN2O3S/c1-16-14-20(10-11-21(16)24)30(28,29)25-19-9-12-22-18(15-19)8-5-13-26(22)23(27)17-6-3-2-4-7-17/h2-4,6-7,9-12,14-15,25H,5,8,13H2,1H3. The Morgan fingerprint density at radius 2 is 1.80 bits per heavy atom. The van der Waals surface area contributed by atoms with E-state index in [2.05, 4.69) is 4.72 Å². The highest BCUT2D eigenvalue weighted by Crippen LogP contribution is 2.31. The minimum absolute atomic E-state index is 0.00000241. The van der Waals surface area contributed by atoms with Gasteiger partial charge in [-0.05, 0) is 79.4 Å². The van der Waals surface area contributed by atoms with Gasteiger partial charge in [0, 0.05) is 23.5 Å². The molecule has 0 aliphatic carbocycles. The van der Waals surface area contributed by atoms with Crippen molar-refractivity contribution >= 4 is 27.3 Å². The van der Waals surface area contributed by atoms with Gasteiger partial charge in [-0.25, -0.2) is 12.8 Å². The third kappa shape index (κ3) is 3.93. The zero-order valence-corrected chi connectivity index (χ0v) is 17.2. The van der Waals surface area contributed by atoms with Crippen LogP contribution in [-0.2, 0) is 16.4 Å². The molecular weight excluding hydrogens is 403 g/mol. The molecule has 5 nitrogen and oxygen atoms in total. The smallest absolute Gasteiger partial charge is 0.261 e. The first-order valence-electron chi connectivity index (χ1n) is 9.64. The van der Waals surface area contributed by atoms with Gasteiger partial charge in [0.1, 0.15) is 5.82 Å². The van der Waals surface area contributed by atoms with Crippen LogP contribution in [0.1, 0.15) is 27.9 Å². The number of amides is 1. The van der Waals surface area contributed by atoms with E-state index < -0.39 is 15.8 Å². The molecule has 0 atom stereocenters. The van der Waals surface area contributed by atoms with E-state index in [1.165, 1.54) is 19.1 Å². The van der Waals surface area contributed by atoms with Crippen LogP contribution >= 0.6 is 0 Å². The highest BCUT2D eigenvalue weighted by Gasteiger charge is 2.24. The molecule has 0 radical (unpaired) electrons. The number of carbonyl (C=O) groups excluding carboxylic acids is 1. The summed E-state index contributed by atoms with van der Waals surface area (Å²) in [5.41, 5.74) is 2.97. The summed E-state index contributed by atoms with van der Waals surface area (Å²) in [6, 6.07) is 17.9. The molecule has 1 aliphatic rings. The van der Waals surface area contributed by atoms with E-state index >= 15 is 0 Å². The van der Waals surface area contributed by atoms with E-state index in [1.54, 1.807) is 35.2 Å². The maximum atomic E-state index is 13.5. The van der Waals surface area contributed by atoms with E-state index in [0.29, 0.717) is 17.8 Å². The zero-order chi connectivity index (χ0) is 21.3. The second-order valence-electron chi connectivity index (χ2n) is 7.29. The lowest BCUT2D eigenvalue weighted by molar-refractivity contribution is 0.0985. The number of fused-ring (bicyclic) bond motifs is 1. The molecule has 0 saturated carbocycles. The number of halogens is 1. The minimum atomic E-state index is -3.85. The number of hydrogen-bond acceptors (Lipinski definition) is 3. The highest BCUT2D eigenvalue weighted by atomic mass is 32.2. The normalized spacial score (nSPS) is 13.6. The lowest BCUT2D eigenvalue weighted by atomic mass is 10.00. The van der Waals surface area contributed by atoms with Gasteiger partial charge in [-0.3, -0.25) is 9.52 Å². The summed E-state index contributed by atoms with van der Waals surface area (Å²) >= 11 is 0. The summed E-state index contributed by atoms with van der Waals surface area (Å²) in [4.78, 5) is 14.6. The average Bonchev–Trinajstić information content (AvgIpc) is 2.75. The number of anilines is 2.